The Hall–Kier alpha value is -1.93. The summed E-state index contributed by atoms with van der Waals surface area (Å²) in [6.07, 6.45) is 1.77. The largest absolute Gasteiger partial charge is 0.458 e. The molecule has 1 aromatic carbocycles. The van der Waals surface area contributed by atoms with Crippen LogP contribution in [0.15, 0.2) is 35.3 Å². The smallest absolute Gasteiger partial charge is 0.332 e. The molecule has 0 aliphatic carbocycles. The lowest BCUT2D eigenvalue weighted by Gasteiger charge is -2.21. The van der Waals surface area contributed by atoms with Crippen molar-refractivity contribution in [1.29, 1.82) is 0 Å². The number of rotatable bonds is 4. The second-order valence-electron chi connectivity index (χ2n) is 4.96. The summed E-state index contributed by atoms with van der Waals surface area (Å²) in [5, 5.41) is 0. The van der Waals surface area contributed by atoms with Crippen molar-refractivity contribution >= 4 is 12.0 Å². The van der Waals surface area contributed by atoms with Crippen LogP contribution in [0.3, 0.4) is 0 Å². The van der Waals surface area contributed by atoms with Crippen LogP contribution in [0.2, 0.25) is 0 Å². The van der Waals surface area contributed by atoms with E-state index in [9.17, 15) is 9.59 Å². The van der Waals surface area contributed by atoms with E-state index in [1.165, 1.54) is 6.08 Å². The number of carbonyl (C=O) groups is 1. The molecule has 0 saturated heterocycles. The fraction of sp³-hybridized carbons (Fsp3) is 0.429. The third kappa shape index (κ3) is 4.93. The number of benzene rings is 1. The Morgan fingerprint density at radius 3 is 2.44 bits per heavy atom. The summed E-state index contributed by atoms with van der Waals surface area (Å²) >= 11 is 0. The molecule has 0 saturated carbocycles. The van der Waals surface area contributed by atoms with Crippen molar-refractivity contribution in [3.8, 4) is 0 Å². The first-order valence-corrected chi connectivity index (χ1v) is 5.76. The Labute approximate surface area is 107 Å². The zero-order valence-electron chi connectivity index (χ0n) is 10.8. The van der Waals surface area contributed by atoms with Crippen molar-refractivity contribution < 1.29 is 14.3 Å². The monoisotopic (exact) mass is 247 g/mol. The third-order valence-corrected chi connectivity index (χ3v) is 2.16. The molecule has 96 valence electrons. The molecule has 4 nitrogen and oxygen atoms in total. The average Bonchev–Trinajstić information content (AvgIpc) is 2.27. The van der Waals surface area contributed by atoms with Crippen LogP contribution in [-0.4, -0.2) is 23.7 Å². The lowest BCUT2D eigenvalue weighted by atomic mass is 10.1. The van der Waals surface area contributed by atoms with Gasteiger partial charge in [-0.2, -0.15) is 4.99 Å². The number of isocyanates is 1. The van der Waals surface area contributed by atoms with Gasteiger partial charge in [0.15, 0.2) is 6.04 Å². The molecule has 0 spiro atoms. The summed E-state index contributed by atoms with van der Waals surface area (Å²) in [5.74, 6) is -0.505. The Bertz CT molecular complexity index is 442. The van der Waals surface area contributed by atoms with Gasteiger partial charge in [-0.05, 0) is 26.3 Å². The third-order valence-electron chi connectivity index (χ3n) is 2.16. The fourth-order valence-corrected chi connectivity index (χ4v) is 1.45. The lowest BCUT2D eigenvalue weighted by molar-refractivity contribution is -0.156. The lowest BCUT2D eigenvalue weighted by Crippen LogP contribution is -2.32. The molecule has 0 aromatic heterocycles. The molecule has 0 bridgehead atoms. The molecule has 0 radical (unpaired) electrons. The molecule has 18 heavy (non-hydrogen) atoms. The van der Waals surface area contributed by atoms with Crippen molar-refractivity contribution in [2.24, 2.45) is 4.99 Å². The van der Waals surface area contributed by atoms with Gasteiger partial charge >= 0.3 is 5.97 Å². The minimum absolute atomic E-state index is 0.338. The van der Waals surface area contributed by atoms with Crippen LogP contribution in [0, 0.1) is 0 Å². The van der Waals surface area contributed by atoms with Gasteiger partial charge in [-0.15, -0.1) is 0 Å². The molecule has 0 fully saturated rings. The minimum atomic E-state index is -0.830. The predicted octanol–water partition coefficient (Wildman–Crippen LogP) is 2.28. The molecule has 1 aromatic rings. The maximum absolute atomic E-state index is 11.9. The number of hydrogen-bond acceptors (Lipinski definition) is 4. The Morgan fingerprint density at radius 2 is 1.94 bits per heavy atom. The van der Waals surface area contributed by atoms with E-state index < -0.39 is 17.6 Å². The summed E-state index contributed by atoms with van der Waals surface area (Å²) < 4.78 is 5.21. The molecule has 1 unspecified atom stereocenters. The van der Waals surface area contributed by atoms with Crippen LogP contribution in [0.25, 0.3) is 0 Å². The van der Waals surface area contributed by atoms with Gasteiger partial charge in [0.05, 0.1) is 0 Å². The summed E-state index contributed by atoms with van der Waals surface area (Å²) in [4.78, 5) is 25.8. The summed E-state index contributed by atoms with van der Waals surface area (Å²) in [5.41, 5.74) is 0.331. The molecule has 0 heterocycles. The van der Waals surface area contributed by atoms with Crippen LogP contribution in [0.4, 0.5) is 0 Å². The molecule has 0 N–H and O–H groups in total. The molecule has 0 aliphatic rings. The zero-order valence-corrected chi connectivity index (χ0v) is 10.8. The van der Waals surface area contributed by atoms with E-state index in [4.69, 9.17) is 4.74 Å². The molecule has 0 amide bonds. The normalized spacial score (nSPS) is 12.4. The number of aliphatic imine (C=N–C) groups is 1. The van der Waals surface area contributed by atoms with Gasteiger partial charge < -0.3 is 4.74 Å². The second-order valence-corrected chi connectivity index (χ2v) is 4.96. The first-order valence-electron chi connectivity index (χ1n) is 5.76. The van der Waals surface area contributed by atoms with Crippen molar-refractivity contribution in [2.75, 3.05) is 0 Å². The minimum Gasteiger partial charge on any atom is -0.458 e. The van der Waals surface area contributed by atoms with Crippen LogP contribution in [-0.2, 0) is 20.7 Å². The molecule has 1 rings (SSSR count). The Morgan fingerprint density at radius 1 is 1.33 bits per heavy atom. The molecule has 0 aliphatic heterocycles. The van der Waals surface area contributed by atoms with Crippen molar-refractivity contribution in [3.63, 3.8) is 0 Å². The standard InChI is InChI=1S/C14H17NO3/c1-14(2,3)18-13(17)12(15-10-16)9-11-7-5-4-6-8-11/h4-8,12H,9H2,1-3H3. The van der Waals surface area contributed by atoms with E-state index in [0.717, 1.165) is 5.56 Å². The highest BCUT2D eigenvalue weighted by atomic mass is 16.6. The Balaban J connectivity index is 2.77. The molecular formula is C14H17NO3. The predicted molar refractivity (Wildman–Crippen MR) is 67.9 cm³/mol. The van der Waals surface area contributed by atoms with E-state index in [2.05, 4.69) is 4.99 Å². The van der Waals surface area contributed by atoms with E-state index in [-0.39, 0.29) is 0 Å². The number of nitrogens with zero attached hydrogens (tertiary/aromatic N) is 1. The number of carbonyl (C=O) groups excluding carboxylic acids is 2. The average molecular weight is 247 g/mol. The van der Waals surface area contributed by atoms with Gasteiger partial charge in [-0.25, -0.2) is 9.59 Å². The first kappa shape index (κ1) is 14.1. The van der Waals surface area contributed by atoms with Gasteiger partial charge in [0.1, 0.15) is 5.60 Å². The summed E-state index contributed by atoms with van der Waals surface area (Å²) in [7, 11) is 0. The van der Waals surface area contributed by atoms with E-state index in [0.29, 0.717) is 6.42 Å². The van der Waals surface area contributed by atoms with Crippen LogP contribution >= 0.6 is 0 Å². The maximum atomic E-state index is 11.9. The van der Waals surface area contributed by atoms with Crippen LogP contribution in [0.1, 0.15) is 26.3 Å². The highest BCUT2D eigenvalue weighted by Gasteiger charge is 2.25. The number of hydrogen-bond donors (Lipinski definition) is 0. The fourth-order valence-electron chi connectivity index (χ4n) is 1.45. The van der Waals surface area contributed by atoms with Crippen LogP contribution in [0.5, 0.6) is 0 Å². The summed E-state index contributed by atoms with van der Waals surface area (Å²) in [6, 6.07) is 8.53. The topological polar surface area (TPSA) is 55.7 Å². The van der Waals surface area contributed by atoms with E-state index in [1.54, 1.807) is 20.8 Å². The van der Waals surface area contributed by atoms with Gasteiger partial charge in [-0.3, -0.25) is 0 Å². The highest BCUT2D eigenvalue weighted by molar-refractivity contribution is 5.77. The van der Waals surface area contributed by atoms with Crippen molar-refractivity contribution in [3.05, 3.63) is 35.9 Å². The number of ether oxygens (including phenoxy) is 1. The Kier molecular flexibility index (Phi) is 4.81. The molecular weight excluding hydrogens is 230 g/mol. The quantitative estimate of drug-likeness (QED) is 0.466. The van der Waals surface area contributed by atoms with Crippen molar-refractivity contribution in [1.82, 2.24) is 0 Å². The first-order chi connectivity index (χ1) is 8.42. The summed E-state index contributed by atoms with van der Waals surface area (Å²) in [6.45, 7) is 5.32. The number of esters is 1. The van der Waals surface area contributed by atoms with Gasteiger partial charge in [0.2, 0.25) is 6.08 Å². The van der Waals surface area contributed by atoms with Gasteiger partial charge in [-0.1, -0.05) is 30.3 Å². The van der Waals surface area contributed by atoms with Crippen LogP contribution < -0.4 is 0 Å². The maximum Gasteiger partial charge on any atom is 0.332 e. The second kappa shape index (κ2) is 6.12. The van der Waals surface area contributed by atoms with E-state index in [1.807, 2.05) is 30.3 Å². The zero-order chi connectivity index (χ0) is 13.6. The van der Waals surface area contributed by atoms with E-state index >= 15 is 0 Å². The molecule has 1 atom stereocenters. The van der Waals surface area contributed by atoms with Gasteiger partial charge in [0.25, 0.3) is 0 Å². The molecule has 4 heteroatoms. The van der Waals surface area contributed by atoms with Crippen molar-refractivity contribution in [2.45, 2.75) is 38.8 Å². The van der Waals surface area contributed by atoms with Gasteiger partial charge in [0, 0.05) is 6.42 Å². The highest BCUT2D eigenvalue weighted by Crippen LogP contribution is 2.13. The SMILES string of the molecule is CC(C)(C)OC(=O)C(Cc1ccccc1)N=C=O.